The summed E-state index contributed by atoms with van der Waals surface area (Å²) in [7, 11) is 0. The van der Waals surface area contributed by atoms with Gasteiger partial charge in [-0.15, -0.1) is 0 Å². The summed E-state index contributed by atoms with van der Waals surface area (Å²) in [5, 5.41) is 0. The molecule has 0 atom stereocenters. The molecule has 5 fully saturated rings. The molecule has 1 nitrogen and oxygen atoms in total. The number of hydrogen-bond donors (Lipinski definition) is 0. The first-order valence-electron chi connectivity index (χ1n) is 21.5. The van der Waals surface area contributed by atoms with Crippen molar-refractivity contribution in [3.8, 4) is 33.4 Å². The third kappa shape index (κ3) is 3.77. The predicted octanol–water partition coefficient (Wildman–Crippen LogP) is 14.0. The Morgan fingerprint density at radius 2 is 0.982 bits per heavy atom. The van der Waals surface area contributed by atoms with Crippen molar-refractivity contribution in [2.45, 2.75) is 87.9 Å². The average Bonchev–Trinajstić information content (AvgIpc) is 3.95. The van der Waals surface area contributed by atoms with Crippen LogP contribution in [0.2, 0.25) is 0 Å². The molecule has 6 aromatic rings. The van der Waals surface area contributed by atoms with Gasteiger partial charge in [0.05, 0.1) is 11.4 Å². The van der Waals surface area contributed by atoms with Gasteiger partial charge in [-0.25, -0.2) is 0 Å². The second-order valence-corrected chi connectivity index (χ2v) is 19.2. The Hall–Kier alpha value is -4.88. The fourth-order valence-corrected chi connectivity index (χ4v) is 14.8. The molecule has 0 saturated heterocycles. The van der Waals surface area contributed by atoms with E-state index in [1.807, 2.05) is 0 Å². The summed E-state index contributed by atoms with van der Waals surface area (Å²) in [5.74, 6) is 3.34. The topological polar surface area (TPSA) is 3.24 Å². The number of benzene rings is 6. The molecule has 0 unspecified atom stereocenters. The first kappa shape index (κ1) is 31.3. The van der Waals surface area contributed by atoms with Crippen LogP contribution in [0.1, 0.15) is 105 Å². The second kappa shape index (κ2) is 10.7. The first-order valence-corrected chi connectivity index (χ1v) is 21.5. The molecule has 0 N–H and O–H groups in total. The SMILES string of the molecule is CC1(C)c2ccccc2-c2ccc(N(c3cccc4c3-c3ccccc3C43CCCC3)c3cccc4c3-c3ccccc3C43C4CC5CC(C4)CC3C5)cc21. The van der Waals surface area contributed by atoms with Crippen LogP contribution in [-0.2, 0) is 16.2 Å². The third-order valence-electron chi connectivity index (χ3n) is 16.6. The standard InChI is InChI=1S/C54H49N/c1-52(2)42-16-6-3-13-38(42)39-24-23-37(32-47(39)52)55(48-21-11-19-45-50(48)40-14-4-7-17-43(40)53(45)25-9-10-26-53)49-22-12-20-46-51(49)41-15-5-8-18-44(41)54(46)35-28-33-27-34(30-35)31-36(54)29-33/h3-8,11-24,32-36H,9-10,25-31H2,1-2H3. The van der Waals surface area contributed by atoms with E-state index >= 15 is 0 Å². The van der Waals surface area contributed by atoms with Gasteiger partial charge in [0.15, 0.2) is 0 Å². The van der Waals surface area contributed by atoms with Crippen molar-refractivity contribution < 1.29 is 0 Å². The molecule has 8 aliphatic rings. The zero-order valence-electron chi connectivity index (χ0n) is 32.2. The normalized spacial score (nSPS) is 27.2. The van der Waals surface area contributed by atoms with Gasteiger partial charge < -0.3 is 4.90 Å². The van der Waals surface area contributed by atoms with Crippen LogP contribution in [0.5, 0.6) is 0 Å². The second-order valence-electron chi connectivity index (χ2n) is 19.2. The zero-order valence-corrected chi connectivity index (χ0v) is 32.2. The molecule has 270 valence electrons. The van der Waals surface area contributed by atoms with E-state index in [1.54, 1.807) is 22.3 Å². The van der Waals surface area contributed by atoms with Gasteiger partial charge >= 0.3 is 0 Å². The number of rotatable bonds is 3. The Balaban J connectivity index is 1.10. The molecule has 1 heteroatoms. The molecule has 8 aliphatic carbocycles. The maximum atomic E-state index is 2.73. The van der Waals surface area contributed by atoms with Crippen molar-refractivity contribution in [2.75, 3.05) is 4.90 Å². The van der Waals surface area contributed by atoms with E-state index in [0.717, 1.165) is 23.7 Å². The molecule has 6 aromatic carbocycles. The van der Waals surface area contributed by atoms with Gasteiger partial charge in [-0.05, 0) is 149 Å². The number of nitrogens with zero attached hydrogens (tertiary/aromatic N) is 1. The van der Waals surface area contributed by atoms with E-state index in [0.29, 0.717) is 0 Å². The van der Waals surface area contributed by atoms with Crippen LogP contribution in [0, 0.1) is 23.7 Å². The summed E-state index contributed by atoms with van der Waals surface area (Å²) in [5.41, 5.74) is 22.0. The van der Waals surface area contributed by atoms with Crippen molar-refractivity contribution in [2.24, 2.45) is 23.7 Å². The van der Waals surface area contributed by atoms with E-state index < -0.39 is 0 Å². The van der Waals surface area contributed by atoms with Crippen LogP contribution in [-0.4, -0.2) is 0 Å². The van der Waals surface area contributed by atoms with Gasteiger partial charge in [0.1, 0.15) is 0 Å². The summed E-state index contributed by atoms with van der Waals surface area (Å²) in [6.45, 7) is 4.86. The summed E-state index contributed by atoms with van der Waals surface area (Å²) in [6.07, 6.45) is 12.2. The highest BCUT2D eigenvalue weighted by molar-refractivity contribution is 6.01. The molecule has 55 heavy (non-hydrogen) atoms. The highest BCUT2D eigenvalue weighted by Gasteiger charge is 2.62. The van der Waals surface area contributed by atoms with E-state index in [1.165, 1.54) is 119 Å². The number of hydrogen-bond acceptors (Lipinski definition) is 1. The highest BCUT2D eigenvalue weighted by atomic mass is 15.1. The monoisotopic (exact) mass is 711 g/mol. The van der Waals surface area contributed by atoms with Gasteiger partial charge in [0.2, 0.25) is 0 Å². The Kier molecular flexibility index (Phi) is 6.09. The van der Waals surface area contributed by atoms with Crippen LogP contribution in [0.25, 0.3) is 33.4 Å². The Morgan fingerprint density at radius 1 is 0.455 bits per heavy atom. The average molecular weight is 712 g/mol. The van der Waals surface area contributed by atoms with Crippen LogP contribution < -0.4 is 4.90 Å². The van der Waals surface area contributed by atoms with E-state index in [4.69, 9.17) is 0 Å². The van der Waals surface area contributed by atoms with E-state index in [9.17, 15) is 0 Å². The van der Waals surface area contributed by atoms with Crippen molar-refractivity contribution >= 4 is 17.1 Å². The molecule has 0 heterocycles. The summed E-state index contributed by atoms with van der Waals surface area (Å²) in [4.78, 5) is 2.73. The Labute approximate surface area is 326 Å². The molecule has 0 amide bonds. The van der Waals surface area contributed by atoms with Gasteiger partial charge in [0, 0.05) is 33.1 Å². The van der Waals surface area contributed by atoms with Gasteiger partial charge in [-0.1, -0.05) is 130 Å². The van der Waals surface area contributed by atoms with Crippen LogP contribution >= 0.6 is 0 Å². The van der Waals surface area contributed by atoms with Gasteiger partial charge in [-0.2, -0.15) is 0 Å². The molecule has 5 saturated carbocycles. The summed E-state index contributed by atoms with van der Waals surface area (Å²) >= 11 is 0. The molecule has 2 spiro atoms. The lowest BCUT2D eigenvalue weighted by molar-refractivity contribution is -0.0399. The molecular weight excluding hydrogens is 663 g/mol. The minimum atomic E-state index is -0.0809. The maximum absolute atomic E-state index is 2.73. The fraction of sp³-hybridized carbons (Fsp3) is 0.333. The predicted molar refractivity (Wildman–Crippen MR) is 227 cm³/mol. The number of fused-ring (bicyclic) bond motifs is 11. The van der Waals surface area contributed by atoms with Gasteiger partial charge in [0.25, 0.3) is 0 Å². The first-order chi connectivity index (χ1) is 27.0. The van der Waals surface area contributed by atoms with Crippen molar-refractivity contribution in [3.05, 3.63) is 161 Å². The van der Waals surface area contributed by atoms with Gasteiger partial charge in [-0.3, -0.25) is 0 Å². The lowest BCUT2D eigenvalue weighted by Crippen LogP contribution is -2.55. The van der Waals surface area contributed by atoms with Crippen molar-refractivity contribution in [1.82, 2.24) is 0 Å². The smallest absolute Gasteiger partial charge is 0.0543 e. The number of anilines is 3. The lowest BCUT2D eigenvalue weighted by atomic mass is 9.43. The van der Waals surface area contributed by atoms with E-state index in [-0.39, 0.29) is 16.2 Å². The molecule has 14 rings (SSSR count). The minimum absolute atomic E-state index is 0.0809. The highest BCUT2D eigenvalue weighted by Crippen LogP contribution is 2.71. The van der Waals surface area contributed by atoms with Crippen molar-refractivity contribution in [3.63, 3.8) is 0 Å². The van der Waals surface area contributed by atoms with E-state index in [2.05, 4.69) is 146 Å². The molecular formula is C54H49N. The lowest BCUT2D eigenvalue weighted by Gasteiger charge is -2.61. The van der Waals surface area contributed by atoms with Crippen LogP contribution in [0.3, 0.4) is 0 Å². The largest absolute Gasteiger partial charge is 0.309 e. The Morgan fingerprint density at radius 3 is 1.67 bits per heavy atom. The minimum Gasteiger partial charge on any atom is -0.309 e. The molecule has 4 bridgehead atoms. The third-order valence-corrected chi connectivity index (χ3v) is 16.6. The molecule has 0 aliphatic heterocycles. The molecule has 0 radical (unpaired) electrons. The van der Waals surface area contributed by atoms with Crippen LogP contribution in [0.4, 0.5) is 17.1 Å². The zero-order chi connectivity index (χ0) is 36.3. The quantitative estimate of drug-likeness (QED) is 0.177. The van der Waals surface area contributed by atoms with Crippen LogP contribution in [0.15, 0.2) is 127 Å². The summed E-state index contributed by atoms with van der Waals surface area (Å²) in [6, 6.07) is 50.5. The van der Waals surface area contributed by atoms with Crippen molar-refractivity contribution in [1.29, 1.82) is 0 Å². The summed E-state index contributed by atoms with van der Waals surface area (Å²) < 4.78 is 0. The molecule has 0 aromatic heterocycles. The Bertz CT molecular complexity index is 2590. The fourth-order valence-electron chi connectivity index (χ4n) is 14.8. The maximum Gasteiger partial charge on any atom is 0.0543 e.